The van der Waals surface area contributed by atoms with E-state index in [2.05, 4.69) is 5.32 Å². The number of benzene rings is 1. The number of carbonyl (C=O) groups is 3. The quantitative estimate of drug-likeness (QED) is 0.658. The van der Waals surface area contributed by atoms with E-state index >= 15 is 0 Å². The average Bonchev–Trinajstić information content (AvgIpc) is 2.64. The van der Waals surface area contributed by atoms with Gasteiger partial charge < -0.3 is 19.9 Å². The van der Waals surface area contributed by atoms with Crippen LogP contribution in [0, 0.1) is 13.8 Å². The molecule has 2 N–H and O–H groups in total. The number of hydrogen-bond acceptors (Lipinski definition) is 5. The van der Waals surface area contributed by atoms with Crippen LogP contribution in [0.25, 0.3) is 0 Å². The third-order valence-corrected chi connectivity index (χ3v) is 5.71. The predicted octanol–water partition coefficient (Wildman–Crippen LogP) is -0.126. The smallest absolute Gasteiger partial charge is 0.320 e. The van der Waals surface area contributed by atoms with E-state index in [0.29, 0.717) is 18.8 Å². The van der Waals surface area contributed by atoms with Crippen molar-refractivity contribution in [3.63, 3.8) is 0 Å². The Bertz CT molecular complexity index is 690. The van der Waals surface area contributed by atoms with Gasteiger partial charge in [0.1, 0.15) is 5.25 Å². The van der Waals surface area contributed by atoms with Gasteiger partial charge in [-0.3, -0.25) is 14.4 Å². The fourth-order valence-electron chi connectivity index (χ4n) is 3.05. The number of nitrogens with one attached hydrogen (secondary N) is 2. The largest absolute Gasteiger partial charge is 0.468 e. The average molecular weight is 395 g/mol. The molecule has 0 aromatic heterocycles. The number of carbonyl (C=O) groups excluding carboxylic acids is 3. The topological polar surface area (TPSA) is 80.2 Å². The van der Waals surface area contributed by atoms with Crippen LogP contribution in [0.15, 0.2) is 18.2 Å². The normalized spacial score (nSPS) is 17.9. The fraction of sp³-hybridized carbons (Fsp3) is 0.526. The van der Waals surface area contributed by atoms with Crippen molar-refractivity contribution in [3.05, 3.63) is 29.3 Å². The van der Waals surface area contributed by atoms with Gasteiger partial charge in [0.15, 0.2) is 13.1 Å². The maximum Gasteiger partial charge on any atom is 0.320 e. The summed E-state index contributed by atoms with van der Waals surface area (Å²) in [6, 6.07) is 5.86. The van der Waals surface area contributed by atoms with Gasteiger partial charge in [-0.1, -0.05) is 18.2 Å². The number of amides is 2. The van der Waals surface area contributed by atoms with E-state index < -0.39 is 0 Å². The van der Waals surface area contributed by atoms with Gasteiger partial charge in [0.25, 0.3) is 11.8 Å². The first kappa shape index (κ1) is 21.2. The molecular formula is C19H28N3O4S+. The molecule has 1 heterocycles. The van der Waals surface area contributed by atoms with Crippen LogP contribution in [0.3, 0.4) is 0 Å². The second kappa shape index (κ2) is 9.75. The Balaban J connectivity index is 1.85. The number of ether oxygens (including phenoxy) is 1. The van der Waals surface area contributed by atoms with E-state index in [-0.39, 0.29) is 36.1 Å². The summed E-state index contributed by atoms with van der Waals surface area (Å²) in [5.74, 6) is 0.226. The van der Waals surface area contributed by atoms with Crippen LogP contribution in [-0.2, 0) is 19.1 Å². The van der Waals surface area contributed by atoms with E-state index in [1.165, 1.54) is 18.9 Å². The molecule has 1 aliphatic rings. The molecule has 2 atom stereocenters. The van der Waals surface area contributed by atoms with Gasteiger partial charge in [-0.2, -0.15) is 0 Å². The number of para-hydroxylation sites is 1. The third kappa shape index (κ3) is 5.97. The lowest BCUT2D eigenvalue weighted by atomic mass is 10.1. The molecule has 2 rings (SSSR count). The summed E-state index contributed by atoms with van der Waals surface area (Å²) in [5.41, 5.74) is 2.85. The molecule has 7 nitrogen and oxygen atoms in total. The van der Waals surface area contributed by atoms with Gasteiger partial charge in [-0.25, -0.2) is 0 Å². The number of rotatable bonds is 6. The van der Waals surface area contributed by atoms with Crippen molar-refractivity contribution in [2.24, 2.45) is 0 Å². The number of esters is 1. The van der Waals surface area contributed by atoms with Crippen LogP contribution in [0.4, 0.5) is 5.69 Å². The second-order valence-electron chi connectivity index (χ2n) is 6.85. The Morgan fingerprint density at radius 2 is 1.93 bits per heavy atom. The van der Waals surface area contributed by atoms with Crippen molar-refractivity contribution >= 4 is 35.2 Å². The summed E-state index contributed by atoms with van der Waals surface area (Å²) in [7, 11) is 3.18. The SMILES string of the molecule is COC(=O)[C@H]1CN(C(=O)C[NH+](C)CC(=O)Nc2c(C)cccc2C)CCS1. The standard InChI is InChI=1S/C19H27N3O4S/c1-13-6-5-7-14(2)18(13)20-16(23)11-21(3)12-17(24)22-8-9-27-15(10-22)19(25)26-4/h5-7,15H,8-12H2,1-4H3,(H,20,23)/p+1/t15-/m1/s1. The van der Waals surface area contributed by atoms with Crippen molar-refractivity contribution < 1.29 is 24.0 Å². The highest BCUT2D eigenvalue weighted by Crippen LogP contribution is 2.20. The van der Waals surface area contributed by atoms with Crippen molar-refractivity contribution in [2.45, 2.75) is 19.1 Å². The summed E-state index contributed by atoms with van der Waals surface area (Å²) in [6.45, 7) is 5.28. The minimum absolute atomic E-state index is 0.0541. The molecule has 8 heteroatoms. The minimum Gasteiger partial charge on any atom is -0.468 e. The number of methoxy groups -OCH3 is 1. The van der Waals surface area contributed by atoms with Crippen LogP contribution in [0.1, 0.15) is 11.1 Å². The molecule has 0 spiro atoms. The number of nitrogens with zero attached hydrogens (tertiary/aromatic N) is 1. The lowest BCUT2D eigenvalue weighted by molar-refractivity contribution is -0.862. The molecule has 0 aliphatic carbocycles. The molecule has 1 fully saturated rings. The van der Waals surface area contributed by atoms with Crippen molar-refractivity contribution in [1.82, 2.24) is 4.90 Å². The highest BCUT2D eigenvalue weighted by atomic mass is 32.2. The Morgan fingerprint density at radius 3 is 2.56 bits per heavy atom. The molecular weight excluding hydrogens is 366 g/mol. The molecule has 1 unspecified atom stereocenters. The second-order valence-corrected chi connectivity index (χ2v) is 8.16. The predicted molar refractivity (Wildman–Crippen MR) is 106 cm³/mol. The molecule has 0 bridgehead atoms. The maximum atomic E-state index is 12.5. The first-order chi connectivity index (χ1) is 12.8. The zero-order valence-electron chi connectivity index (χ0n) is 16.3. The van der Waals surface area contributed by atoms with E-state index in [4.69, 9.17) is 4.74 Å². The molecule has 0 radical (unpaired) electrons. The first-order valence-corrected chi connectivity index (χ1v) is 10.0. The Hall–Kier alpha value is -2.06. The van der Waals surface area contributed by atoms with Gasteiger partial charge in [0.05, 0.1) is 14.2 Å². The zero-order chi connectivity index (χ0) is 20.0. The van der Waals surface area contributed by atoms with Crippen molar-refractivity contribution in [1.29, 1.82) is 0 Å². The number of hydrogen-bond donors (Lipinski definition) is 2. The van der Waals surface area contributed by atoms with Gasteiger partial charge in [0.2, 0.25) is 0 Å². The molecule has 0 saturated carbocycles. The number of likely N-dealkylation sites (N-methyl/N-ethyl adjacent to an activating group) is 1. The van der Waals surface area contributed by atoms with Gasteiger partial charge in [-0.05, 0) is 25.0 Å². The van der Waals surface area contributed by atoms with Crippen LogP contribution in [-0.4, -0.2) is 74.0 Å². The van der Waals surface area contributed by atoms with E-state index in [1.54, 1.807) is 4.90 Å². The minimum atomic E-state index is -0.333. The van der Waals surface area contributed by atoms with Gasteiger partial charge in [-0.15, -0.1) is 11.8 Å². The lowest BCUT2D eigenvalue weighted by Gasteiger charge is -2.31. The van der Waals surface area contributed by atoms with Crippen LogP contribution >= 0.6 is 11.8 Å². The van der Waals surface area contributed by atoms with Gasteiger partial charge >= 0.3 is 5.97 Å². The Morgan fingerprint density at radius 1 is 1.26 bits per heavy atom. The number of anilines is 1. The number of quaternary nitrogens is 1. The molecule has 148 valence electrons. The lowest BCUT2D eigenvalue weighted by Crippen LogP contribution is -3.11. The first-order valence-electron chi connectivity index (χ1n) is 8.96. The Kier molecular flexibility index (Phi) is 7.67. The van der Waals surface area contributed by atoms with E-state index in [9.17, 15) is 14.4 Å². The third-order valence-electron chi connectivity index (χ3n) is 4.54. The molecule has 1 aliphatic heterocycles. The summed E-state index contributed by atoms with van der Waals surface area (Å²) in [5, 5.41) is 2.61. The number of aryl methyl sites for hydroxylation is 2. The Labute approximate surface area is 164 Å². The molecule has 2 amide bonds. The summed E-state index contributed by atoms with van der Waals surface area (Å²) in [6.07, 6.45) is 0. The van der Waals surface area contributed by atoms with Crippen LogP contribution < -0.4 is 10.2 Å². The van der Waals surface area contributed by atoms with Gasteiger partial charge in [0, 0.05) is 24.5 Å². The maximum absolute atomic E-state index is 12.5. The van der Waals surface area contributed by atoms with Crippen LogP contribution in [0.5, 0.6) is 0 Å². The monoisotopic (exact) mass is 394 g/mol. The summed E-state index contributed by atoms with van der Waals surface area (Å²) in [4.78, 5) is 39.0. The van der Waals surface area contributed by atoms with E-state index in [1.807, 2.05) is 39.1 Å². The summed E-state index contributed by atoms with van der Waals surface area (Å²) >= 11 is 1.51. The summed E-state index contributed by atoms with van der Waals surface area (Å²) < 4.78 is 4.77. The molecule has 1 aromatic rings. The van der Waals surface area contributed by atoms with E-state index in [0.717, 1.165) is 21.7 Å². The van der Waals surface area contributed by atoms with Crippen molar-refractivity contribution in [3.8, 4) is 0 Å². The molecule has 27 heavy (non-hydrogen) atoms. The fourth-order valence-corrected chi connectivity index (χ4v) is 4.18. The highest BCUT2D eigenvalue weighted by molar-refractivity contribution is 8.00. The molecule has 1 saturated heterocycles. The zero-order valence-corrected chi connectivity index (χ0v) is 17.1. The van der Waals surface area contributed by atoms with Crippen molar-refractivity contribution in [2.75, 3.05) is 51.4 Å². The van der Waals surface area contributed by atoms with Crippen LogP contribution in [0.2, 0.25) is 0 Å². The number of thioether (sulfide) groups is 1. The highest BCUT2D eigenvalue weighted by Gasteiger charge is 2.30. The molecule has 1 aromatic carbocycles.